The molecule has 0 heterocycles. The maximum absolute atomic E-state index is 12.0. The number of rotatable bonds is 8. The molecular formula is C18H19IN2O2S. The molecule has 0 fully saturated rings. The third-order valence-electron chi connectivity index (χ3n) is 3.18. The van der Waals surface area contributed by atoms with E-state index in [1.807, 2.05) is 36.4 Å². The monoisotopic (exact) mass is 454 g/mol. The summed E-state index contributed by atoms with van der Waals surface area (Å²) in [7, 11) is 0. The van der Waals surface area contributed by atoms with Gasteiger partial charge < -0.3 is 10.6 Å². The molecule has 0 radical (unpaired) electrons. The Morgan fingerprint density at radius 1 is 0.958 bits per heavy atom. The summed E-state index contributed by atoms with van der Waals surface area (Å²) in [6.45, 7) is 0.604. The molecule has 4 nitrogen and oxygen atoms in total. The lowest BCUT2D eigenvalue weighted by molar-refractivity contribution is -0.120. The topological polar surface area (TPSA) is 58.2 Å². The molecule has 0 aromatic heterocycles. The first-order valence-electron chi connectivity index (χ1n) is 7.64. The van der Waals surface area contributed by atoms with E-state index in [1.54, 1.807) is 17.8 Å². The van der Waals surface area contributed by atoms with Gasteiger partial charge in [-0.3, -0.25) is 9.59 Å². The molecule has 2 amide bonds. The number of hydrogen-bond acceptors (Lipinski definition) is 3. The summed E-state index contributed by atoms with van der Waals surface area (Å²) in [5, 5.41) is 5.47. The molecule has 6 heteroatoms. The number of halogens is 1. The van der Waals surface area contributed by atoms with Gasteiger partial charge in [0.15, 0.2) is 0 Å². The molecule has 0 atom stereocenters. The smallest absolute Gasteiger partial charge is 0.252 e. The highest BCUT2D eigenvalue weighted by atomic mass is 127. The van der Waals surface area contributed by atoms with Gasteiger partial charge in [0, 0.05) is 15.0 Å². The number of thioether (sulfide) groups is 1. The summed E-state index contributed by atoms with van der Waals surface area (Å²) in [4.78, 5) is 25.0. The molecule has 0 unspecified atom stereocenters. The van der Waals surface area contributed by atoms with Crippen molar-refractivity contribution < 1.29 is 9.59 Å². The second-order valence-corrected chi connectivity index (χ2v) is 7.36. The maximum Gasteiger partial charge on any atom is 0.252 e. The van der Waals surface area contributed by atoms with Gasteiger partial charge in [0.2, 0.25) is 5.91 Å². The second kappa shape index (κ2) is 10.4. The predicted octanol–water partition coefficient (Wildman–Crippen LogP) is 3.32. The fourth-order valence-electron chi connectivity index (χ4n) is 1.97. The van der Waals surface area contributed by atoms with Gasteiger partial charge in [-0.2, -0.15) is 0 Å². The molecule has 0 bridgehead atoms. The second-order valence-electron chi connectivity index (χ2n) is 5.03. The van der Waals surface area contributed by atoms with E-state index >= 15 is 0 Å². The molecule has 2 rings (SSSR count). The highest BCUT2D eigenvalue weighted by Gasteiger charge is 2.10. The van der Waals surface area contributed by atoms with E-state index in [0.717, 1.165) is 15.7 Å². The van der Waals surface area contributed by atoms with Crippen molar-refractivity contribution in [2.75, 3.05) is 18.8 Å². The number of nitrogens with one attached hydrogen (secondary N) is 2. The molecule has 2 aromatic rings. The first-order valence-corrected chi connectivity index (χ1v) is 9.70. The molecular weight excluding hydrogens is 435 g/mol. The third kappa shape index (κ3) is 6.52. The molecule has 24 heavy (non-hydrogen) atoms. The Labute approximate surface area is 159 Å². The van der Waals surface area contributed by atoms with E-state index in [4.69, 9.17) is 0 Å². The largest absolute Gasteiger partial charge is 0.355 e. The summed E-state index contributed by atoms with van der Waals surface area (Å²) < 4.78 is 0.867. The molecule has 0 spiro atoms. The van der Waals surface area contributed by atoms with E-state index in [9.17, 15) is 9.59 Å². The van der Waals surface area contributed by atoms with Gasteiger partial charge in [0.1, 0.15) is 0 Å². The van der Waals surface area contributed by atoms with E-state index in [1.165, 1.54) is 4.90 Å². The first-order chi connectivity index (χ1) is 11.7. The molecule has 0 aliphatic rings. The van der Waals surface area contributed by atoms with Crippen LogP contribution in [-0.4, -0.2) is 30.7 Å². The maximum atomic E-state index is 12.0. The zero-order valence-electron chi connectivity index (χ0n) is 13.1. The van der Waals surface area contributed by atoms with E-state index in [0.29, 0.717) is 12.1 Å². The third-order valence-corrected chi connectivity index (χ3v) is 5.22. The first kappa shape index (κ1) is 18.8. The minimum absolute atomic E-state index is 0.00433. The van der Waals surface area contributed by atoms with Crippen LogP contribution in [0.15, 0.2) is 59.5 Å². The lowest BCUT2D eigenvalue weighted by atomic mass is 10.2. The molecule has 2 aromatic carbocycles. The molecule has 0 aliphatic heterocycles. The van der Waals surface area contributed by atoms with Gasteiger partial charge in [-0.25, -0.2) is 0 Å². The SMILES string of the molecule is O=C(CNC(=O)c1ccccc1I)NCCCSc1ccccc1. The van der Waals surface area contributed by atoms with Crippen molar-refractivity contribution in [2.45, 2.75) is 11.3 Å². The Hall–Kier alpha value is -1.54. The van der Waals surface area contributed by atoms with Crippen LogP contribution in [0.5, 0.6) is 0 Å². The highest BCUT2D eigenvalue weighted by Crippen LogP contribution is 2.17. The lowest BCUT2D eigenvalue weighted by Crippen LogP contribution is -2.37. The van der Waals surface area contributed by atoms with E-state index in [-0.39, 0.29) is 18.4 Å². The summed E-state index contributed by atoms with van der Waals surface area (Å²) in [5.41, 5.74) is 0.588. The number of amides is 2. The van der Waals surface area contributed by atoms with Crippen molar-refractivity contribution in [3.63, 3.8) is 0 Å². The fourth-order valence-corrected chi connectivity index (χ4v) is 3.48. The number of hydrogen-bond donors (Lipinski definition) is 2. The highest BCUT2D eigenvalue weighted by molar-refractivity contribution is 14.1. The van der Waals surface area contributed by atoms with Crippen molar-refractivity contribution in [1.29, 1.82) is 0 Å². The zero-order valence-corrected chi connectivity index (χ0v) is 16.1. The van der Waals surface area contributed by atoms with Crippen LogP contribution in [0, 0.1) is 3.57 Å². The van der Waals surface area contributed by atoms with Gasteiger partial charge in [-0.15, -0.1) is 11.8 Å². The summed E-state index contributed by atoms with van der Waals surface area (Å²) >= 11 is 3.87. The van der Waals surface area contributed by atoms with Crippen molar-refractivity contribution in [3.8, 4) is 0 Å². The molecule has 0 saturated heterocycles. The Morgan fingerprint density at radius 3 is 2.42 bits per heavy atom. The van der Waals surface area contributed by atoms with Gasteiger partial charge in [-0.05, 0) is 59.0 Å². The molecule has 2 N–H and O–H groups in total. The van der Waals surface area contributed by atoms with Crippen LogP contribution in [0.25, 0.3) is 0 Å². The zero-order chi connectivity index (χ0) is 17.2. The van der Waals surface area contributed by atoms with Crippen LogP contribution in [0.3, 0.4) is 0 Å². The molecule has 0 aliphatic carbocycles. The minimum atomic E-state index is -0.227. The van der Waals surface area contributed by atoms with Crippen molar-refractivity contribution in [1.82, 2.24) is 10.6 Å². The van der Waals surface area contributed by atoms with Crippen LogP contribution in [0.1, 0.15) is 16.8 Å². The number of carbonyl (C=O) groups is 2. The Kier molecular flexibility index (Phi) is 8.11. The van der Waals surface area contributed by atoms with Gasteiger partial charge in [0.05, 0.1) is 12.1 Å². The average Bonchev–Trinajstić information content (AvgIpc) is 2.60. The van der Waals surface area contributed by atoms with Gasteiger partial charge in [0.25, 0.3) is 5.91 Å². The Bertz CT molecular complexity index is 680. The normalized spacial score (nSPS) is 10.2. The van der Waals surface area contributed by atoms with Crippen molar-refractivity contribution in [3.05, 3.63) is 63.7 Å². The Balaban J connectivity index is 1.60. The Morgan fingerprint density at radius 2 is 1.67 bits per heavy atom. The number of carbonyl (C=O) groups excluding carboxylic acids is 2. The van der Waals surface area contributed by atoms with Crippen LogP contribution in [0.2, 0.25) is 0 Å². The van der Waals surface area contributed by atoms with Crippen LogP contribution in [0.4, 0.5) is 0 Å². The summed E-state index contributed by atoms with van der Waals surface area (Å²) in [6, 6.07) is 17.5. The standard InChI is InChI=1S/C18H19IN2O2S/c19-16-10-5-4-9-15(16)18(23)21-13-17(22)20-11-6-12-24-14-7-2-1-3-8-14/h1-5,7-10H,6,11-13H2,(H,20,22)(H,21,23). The summed E-state index contributed by atoms with van der Waals surface area (Å²) in [6.07, 6.45) is 0.885. The summed E-state index contributed by atoms with van der Waals surface area (Å²) in [5.74, 6) is 0.549. The van der Waals surface area contributed by atoms with Crippen LogP contribution in [-0.2, 0) is 4.79 Å². The van der Waals surface area contributed by atoms with Crippen molar-refractivity contribution in [2.24, 2.45) is 0 Å². The van der Waals surface area contributed by atoms with Crippen molar-refractivity contribution >= 4 is 46.2 Å². The van der Waals surface area contributed by atoms with Gasteiger partial charge in [-0.1, -0.05) is 30.3 Å². The quantitative estimate of drug-likeness (QED) is 0.366. The van der Waals surface area contributed by atoms with Crippen LogP contribution >= 0.6 is 34.4 Å². The predicted molar refractivity (Wildman–Crippen MR) is 106 cm³/mol. The average molecular weight is 454 g/mol. The van der Waals surface area contributed by atoms with E-state index in [2.05, 4.69) is 45.4 Å². The molecule has 126 valence electrons. The minimum Gasteiger partial charge on any atom is -0.355 e. The number of benzene rings is 2. The van der Waals surface area contributed by atoms with Gasteiger partial charge >= 0.3 is 0 Å². The fraction of sp³-hybridized carbons (Fsp3) is 0.222. The molecule has 0 saturated carbocycles. The van der Waals surface area contributed by atoms with Crippen LogP contribution < -0.4 is 10.6 Å². The van der Waals surface area contributed by atoms with E-state index < -0.39 is 0 Å². The lowest BCUT2D eigenvalue weighted by Gasteiger charge is -2.08.